The van der Waals surface area contributed by atoms with Crippen molar-refractivity contribution in [2.75, 3.05) is 6.54 Å². The maximum Gasteiger partial charge on any atom is 0.342 e. The largest absolute Gasteiger partial charge is 0.479 e. The molecule has 4 N–H and O–H groups in total. The van der Waals surface area contributed by atoms with Gasteiger partial charge in [0.05, 0.1) is 0 Å². The summed E-state index contributed by atoms with van der Waals surface area (Å²) in [6, 6.07) is 0. The van der Waals surface area contributed by atoms with Gasteiger partial charge in [-0.1, -0.05) is 20.8 Å². The van der Waals surface area contributed by atoms with Crippen molar-refractivity contribution >= 4 is 14.3 Å². The van der Waals surface area contributed by atoms with Gasteiger partial charge in [-0.15, -0.1) is 5.59 Å². The normalized spacial score (nSPS) is 25.8. The molecule has 8 heteroatoms. The van der Waals surface area contributed by atoms with Gasteiger partial charge in [0.25, 0.3) is 0 Å². The Bertz CT molecular complexity index is 345. The van der Waals surface area contributed by atoms with Gasteiger partial charge in [-0.05, 0) is 31.0 Å². The van der Waals surface area contributed by atoms with Crippen LogP contribution in [0.5, 0.6) is 0 Å². The molecule has 0 aromatic heterocycles. The molecule has 19 heavy (non-hydrogen) atoms. The molecule has 0 radical (unpaired) electrons. The number of rotatable bonds is 5. The molecule has 0 saturated carbocycles. The van der Waals surface area contributed by atoms with Crippen LogP contribution in [0.1, 0.15) is 33.6 Å². The highest BCUT2D eigenvalue weighted by Crippen LogP contribution is 2.37. The van der Waals surface area contributed by atoms with E-state index in [1.165, 1.54) is 5.01 Å². The quantitative estimate of drug-likeness (QED) is 0.448. The zero-order chi connectivity index (χ0) is 14.9. The fourth-order valence-electron chi connectivity index (χ4n) is 1.69. The molecular formula is C11H25N3O4Si. The summed E-state index contributed by atoms with van der Waals surface area (Å²) in [6.45, 7) is 10.7. The molecule has 1 aliphatic rings. The number of carboxylic acid groups (broad SMARTS) is 1. The third kappa shape index (κ3) is 3.15. The maximum atomic E-state index is 11.5. The Hall–Kier alpha value is -0.513. The third-order valence-electron chi connectivity index (χ3n) is 4.14. The van der Waals surface area contributed by atoms with Gasteiger partial charge < -0.3 is 14.8 Å². The SMILES string of the molecule is CC(C)(C)[Si](C)(C)ON[C@@]1(C(=O)O)CCCN1NO. The highest BCUT2D eigenvalue weighted by atomic mass is 28.4. The molecule has 0 aromatic rings. The van der Waals surface area contributed by atoms with E-state index in [9.17, 15) is 9.90 Å². The predicted molar refractivity (Wildman–Crippen MR) is 72.6 cm³/mol. The van der Waals surface area contributed by atoms with E-state index in [1.807, 2.05) is 18.7 Å². The van der Waals surface area contributed by atoms with Gasteiger partial charge in [-0.3, -0.25) is 0 Å². The van der Waals surface area contributed by atoms with Gasteiger partial charge in [0.1, 0.15) is 0 Å². The summed E-state index contributed by atoms with van der Waals surface area (Å²) in [7, 11) is -2.12. The van der Waals surface area contributed by atoms with Crippen LogP contribution < -0.4 is 11.1 Å². The Labute approximate surface area is 114 Å². The molecule has 0 unspecified atom stereocenters. The van der Waals surface area contributed by atoms with E-state index in [1.54, 1.807) is 0 Å². The van der Waals surface area contributed by atoms with E-state index in [0.29, 0.717) is 19.4 Å². The Morgan fingerprint density at radius 2 is 2.00 bits per heavy atom. The van der Waals surface area contributed by atoms with Crippen molar-refractivity contribution in [1.29, 1.82) is 0 Å². The Morgan fingerprint density at radius 1 is 1.42 bits per heavy atom. The van der Waals surface area contributed by atoms with Crippen LogP contribution in [0, 0.1) is 0 Å². The summed E-state index contributed by atoms with van der Waals surface area (Å²) >= 11 is 0. The molecule has 1 saturated heterocycles. The summed E-state index contributed by atoms with van der Waals surface area (Å²) in [5.74, 6) is -1.06. The first-order chi connectivity index (χ1) is 8.57. The fourth-order valence-corrected chi connectivity index (χ4v) is 2.42. The van der Waals surface area contributed by atoms with Crippen LogP contribution in [0.3, 0.4) is 0 Å². The molecule has 0 aromatic carbocycles. The van der Waals surface area contributed by atoms with Crippen molar-refractivity contribution < 1.29 is 19.6 Å². The number of nitrogens with zero attached hydrogens (tertiary/aromatic N) is 1. The molecule has 1 fully saturated rings. The van der Waals surface area contributed by atoms with Crippen molar-refractivity contribution in [2.24, 2.45) is 0 Å². The first-order valence-electron chi connectivity index (χ1n) is 6.43. The monoisotopic (exact) mass is 291 g/mol. The minimum atomic E-state index is -2.12. The van der Waals surface area contributed by atoms with Crippen molar-refractivity contribution in [2.45, 2.75) is 57.4 Å². The molecule has 0 spiro atoms. The topological polar surface area (TPSA) is 94.1 Å². The van der Waals surface area contributed by atoms with Crippen LogP contribution in [0.4, 0.5) is 0 Å². The summed E-state index contributed by atoms with van der Waals surface area (Å²) in [5, 5.41) is 19.7. The zero-order valence-electron chi connectivity index (χ0n) is 12.3. The minimum Gasteiger partial charge on any atom is -0.479 e. The maximum absolute atomic E-state index is 11.5. The van der Waals surface area contributed by atoms with Gasteiger partial charge in [0, 0.05) is 6.54 Å². The molecule has 1 heterocycles. The molecule has 1 aliphatic heterocycles. The highest BCUT2D eigenvalue weighted by Gasteiger charge is 2.50. The van der Waals surface area contributed by atoms with Gasteiger partial charge in [0.2, 0.25) is 14.0 Å². The number of hydrogen-bond acceptors (Lipinski definition) is 6. The number of carboxylic acids is 1. The van der Waals surface area contributed by atoms with Crippen LogP contribution in [0.2, 0.25) is 18.1 Å². The van der Waals surface area contributed by atoms with Crippen molar-refractivity contribution in [3.05, 3.63) is 0 Å². The van der Waals surface area contributed by atoms with E-state index in [2.05, 4.69) is 26.3 Å². The Kier molecular flexibility index (Phi) is 4.76. The first-order valence-corrected chi connectivity index (χ1v) is 9.33. The third-order valence-corrected chi connectivity index (χ3v) is 8.36. The zero-order valence-corrected chi connectivity index (χ0v) is 13.3. The van der Waals surface area contributed by atoms with E-state index in [0.717, 1.165) is 0 Å². The lowest BCUT2D eigenvalue weighted by molar-refractivity contribution is -0.175. The standard InChI is InChI=1S/C11H25N3O4Si/c1-10(2,3)19(4,5)18-12-11(9(15)16)7-6-8-14(11)13-17/h12-13,17H,6-8H2,1-5H3,(H,15,16)/t11-/m0/s1. The Morgan fingerprint density at radius 3 is 2.42 bits per heavy atom. The molecule has 0 bridgehead atoms. The van der Waals surface area contributed by atoms with Gasteiger partial charge in [-0.25, -0.2) is 4.79 Å². The van der Waals surface area contributed by atoms with E-state index < -0.39 is 19.9 Å². The number of hydroxylamine groups is 1. The summed E-state index contributed by atoms with van der Waals surface area (Å²) in [4.78, 5) is 11.5. The van der Waals surface area contributed by atoms with Crippen LogP contribution in [-0.2, 0) is 9.32 Å². The average Bonchev–Trinajstić information content (AvgIpc) is 2.69. The lowest BCUT2D eigenvalue weighted by Gasteiger charge is -2.40. The van der Waals surface area contributed by atoms with Crippen LogP contribution in [0.15, 0.2) is 0 Å². The van der Waals surface area contributed by atoms with Crippen LogP contribution in [0.25, 0.3) is 0 Å². The van der Waals surface area contributed by atoms with E-state index in [4.69, 9.17) is 9.73 Å². The smallest absolute Gasteiger partial charge is 0.342 e. The molecular weight excluding hydrogens is 266 g/mol. The Balaban J connectivity index is 2.85. The van der Waals surface area contributed by atoms with Crippen LogP contribution >= 0.6 is 0 Å². The van der Waals surface area contributed by atoms with Gasteiger partial charge >= 0.3 is 5.97 Å². The molecule has 0 amide bonds. The van der Waals surface area contributed by atoms with Gasteiger partial charge in [0.15, 0.2) is 0 Å². The fraction of sp³-hybridized carbons (Fsp3) is 0.909. The summed E-state index contributed by atoms with van der Waals surface area (Å²) < 4.78 is 5.79. The second-order valence-corrected chi connectivity index (χ2v) is 11.2. The van der Waals surface area contributed by atoms with Crippen molar-refractivity contribution in [1.82, 2.24) is 16.1 Å². The van der Waals surface area contributed by atoms with Crippen molar-refractivity contribution in [3.63, 3.8) is 0 Å². The lowest BCUT2D eigenvalue weighted by Crippen LogP contribution is -2.66. The number of hydrazine groups is 1. The summed E-state index contributed by atoms with van der Waals surface area (Å²) in [6.07, 6.45) is 1.03. The van der Waals surface area contributed by atoms with E-state index >= 15 is 0 Å². The van der Waals surface area contributed by atoms with Gasteiger partial charge in [-0.2, -0.15) is 10.5 Å². The minimum absolute atomic E-state index is 0.0320. The van der Waals surface area contributed by atoms with Crippen LogP contribution in [-0.4, -0.2) is 41.8 Å². The number of aliphatic carboxylic acids is 1. The number of nitrogens with one attached hydrogen (secondary N) is 2. The molecule has 112 valence electrons. The number of hydrogen-bond donors (Lipinski definition) is 4. The molecule has 1 atom stereocenters. The first kappa shape index (κ1) is 16.5. The molecule has 7 nitrogen and oxygen atoms in total. The molecule has 0 aliphatic carbocycles. The molecule has 1 rings (SSSR count). The van der Waals surface area contributed by atoms with Crippen molar-refractivity contribution in [3.8, 4) is 0 Å². The summed E-state index contributed by atoms with van der Waals surface area (Å²) in [5.41, 5.74) is 3.23. The van der Waals surface area contributed by atoms with E-state index in [-0.39, 0.29) is 5.04 Å². The number of carbonyl (C=O) groups is 1. The highest BCUT2D eigenvalue weighted by molar-refractivity contribution is 6.74. The predicted octanol–water partition coefficient (Wildman–Crippen LogP) is 1.28. The second-order valence-electron chi connectivity index (χ2n) is 6.49. The second kappa shape index (κ2) is 5.47. The lowest BCUT2D eigenvalue weighted by atomic mass is 10.1. The average molecular weight is 291 g/mol.